The van der Waals surface area contributed by atoms with Crippen molar-refractivity contribution in [3.63, 3.8) is 0 Å². The van der Waals surface area contributed by atoms with E-state index in [-0.39, 0.29) is 35.9 Å². The van der Waals surface area contributed by atoms with Crippen LogP contribution in [-0.4, -0.2) is 45.7 Å². The number of hydrogen-bond acceptors (Lipinski definition) is 4. The van der Waals surface area contributed by atoms with Crippen molar-refractivity contribution in [2.75, 3.05) is 33.9 Å². The van der Waals surface area contributed by atoms with Crippen LogP contribution in [0.2, 0.25) is 0 Å². The van der Waals surface area contributed by atoms with Gasteiger partial charge in [-0.25, -0.2) is 0 Å². The standard InChI is InChI=1S/C20H34N4O3.HI/c1-8-26-16-11-10-15(12-17(16)27-9-2)14(3)24-19(22-7)23-13-20(4,5)18(25)21-6;/h10-12,14H,8-9,13H2,1-7H3,(H,21,25)(H2,22,23,24);1H. The zero-order valence-corrected chi connectivity index (χ0v) is 20.3. The lowest BCUT2D eigenvalue weighted by Crippen LogP contribution is -2.47. The molecule has 0 spiro atoms. The van der Waals surface area contributed by atoms with Crippen LogP contribution in [0.1, 0.15) is 46.2 Å². The van der Waals surface area contributed by atoms with E-state index in [1.165, 1.54) is 0 Å². The molecule has 1 atom stereocenters. The summed E-state index contributed by atoms with van der Waals surface area (Å²) in [7, 11) is 3.35. The second-order valence-corrected chi connectivity index (χ2v) is 6.83. The van der Waals surface area contributed by atoms with Crippen LogP contribution < -0.4 is 25.4 Å². The van der Waals surface area contributed by atoms with Gasteiger partial charge in [-0.15, -0.1) is 24.0 Å². The molecular weight excluding hydrogens is 471 g/mol. The number of ether oxygens (including phenoxy) is 2. The third-order valence-electron chi connectivity index (χ3n) is 4.18. The minimum atomic E-state index is -0.545. The number of aliphatic imine (C=N–C) groups is 1. The maximum atomic E-state index is 11.9. The van der Waals surface area contributed by atoms with Crippen molar-refractivity contribution in [3.8, 4) is 11.5 Å². The van der Waals surface area contributed by atoms with Gasteiger partial charge < -0.3 is 25.4 Å². The van der Waals surface area contributed by atoms with Crippen molar-refractivity contribution in [2.45, 2.75) is 40.7 Å². The smallest absolute Gasteiger partial charge is 0.227 e. The molecule has 1 aromatic carbocycles. The lowest BCUT2D eigenvalue weighted by Gasteiger charge is -2.25. The predicted molar refractivity (Wildman–Crippen MR) is 125 cm³/mol. The van der Waals surface area contributed by atoms with Crippen molar-refractivity contribution >= 4 is 35.8 Å². The minimum absolute atomic E-state index is 0. The number of nitrogens with zero attached hydrogens (tertiary/aromatic N) is 1. The molecule has 1 unspecified atom stereocenters. The summed E-state index contributed by atoms with van der Waals surface area (Å²) < 4.78 is 11.3. The van der Waals surface area contributed by atoms with Crippen LogP contribution in [0.15, 0.2) is 23.2 Å². The first-order valence-corrected chi connectivity index (χ1v) is 9.37. The molecule has 160 valence electrons. The highest BCUT2D eigenvalue weighted by atomic mass is 127. The quantitative estimate of drug-likeness (QED) is 0.273. The lowest BCUT2D eigenvalue weighted by molar-refractivity contribution is -0.128. The maximum Gasteiger partial charge on any atom is 0.227 e. The van der Waals surface area contributed by atoms with Crippen molar-refractivity contribution < 1.29 is 14.3 Å². The zero-order chi connectivity index (χ0) is 20.4. The van der Waals surface area contributed by atoms with E-state index in [1.54, 1.807) is 14.1 Å². The first kappa shape index (κ1) is 26.3. The maximum absolute atomic E-state index is 11.9. The largest absolute Gasteiger partial charge is 0.490 e. The molecule has 0 aromatic heterocycles. The van der Waals surface area contributed by atoms with Gasteiger partial charge in [0.15, 0.2) is 17.5 Å². The predicted octanol–water partition coefficient (Wildman–Crippen LogP) is 3.10. The summed E-state index contributed by atoms with van der Waals surface area (Å²) >= 11 is 0. The molecule has 0 saturated carbocycles. The Kier molecular flexibility index (Phi) is 11.9. The second kappa shape index (κ2) is 12.7. The highest BCUT2D eigenvalue weighted by Crippen LogP contribution is 2.30. The topological polar surface area (TPSA) is 84.0 Å². The Morgan fingerprint density at radius 2 is 1.79 bits per heavy atom. The highest BCUT2D eigenvalue weighted by Gasteiger charge is 2.26. The minimum Gasteiger partial charge on any atom is -0.490 e. The van der Waals surface area contributed by atoms with Gasteiger partial charge >= 0.3 is 0 Å². The van der Waals surface area contributed by atoms with Gasteiger partial charge in [0.2, 0.25) is 5.91 Å². The Labute approximate surface area is 186 Å². The van der Waals surface area contributed by atoms with E-state index in [4.69, 9.17) is 9.47 Å². The van der Waals surface area contributed by atoms with E-state index in [0.29, 0.717) is 25.7 Å². The first-order chi connectivity index (χ1) is 12.8. The average Bonchev–Trinajstić information content (AvgIpc) is 2.65. The van der Waals surface area contributed by atoms with E-state index >= 15 is 0 Å². The fourth-order valence-corrected chi connectivity index (χ4v) is 2.54. The first-order valence-electron chi connectivity index (χ1n) is 9.37. The van der Waals surface area contributed by atoms with Gasteiger partial charge in [0.05, 0.1) is 24.7 Å². The number of hydrogen-bond donors (Lipinski definition) is 3. The highest BCUT2D eigenvalue weighted by molar-refractivity contribution is 14.0. The molecule has 0 bridgehead atoms. The average molecular weight is 506 g/mol. The third-order valence-corrected chi connectivity index (χ3v) is 4.18. The Morgan fingerprint density at radius 3 is 2.32 bits per heavy atom. The molecule has 1 amide bonds. The Hall–Kier alpha value is -1.71. The van der Waals surface area contributed by atoms with E-state index in [2.05, 4.69) is 20.9 Å². The molecule has 0 radical (unpaired) electrons. The monoisotopic (exact) mass is 506 g/mol. The molecule has 0 aliphatic rings. The van der Waals surface area contributed by atoms with E-state index in [1.807, 2.05) is 52.8 Å². The molecule has 3 N–H and O–H groups in total. The molecule has 1 rings (SSSR count). The molecule has 0 fully saturated rings. The van der Waals surface area contributed by atoms with E-state index < -0.39 is 5.41 Å². The number of guanidine groups is 1. The molecule has 0 saturated heterocycles. The van der Waals surface area contributed by atoms with E-state index in [0.717, 1.165) is 17.1 Å². The summed E-state index contributed by atoms with van der Waals surface area (Å²) in [6.45, 7) is 11.3. The van der Waals surface area contributed by atoms with Crippen LogP contribution in [0.5, 0.6) is 11.5 Å². The van der Waals surface area contributed by atoms with Gasteiger partial charge in [0.1, 0.15) is 0 Å². The van der Waals surface area contributed by atoms with Crippen molar-refractivity contribution in [1.29, 1.82) is 0 Å². The number of halogens is 1. The molecule has 8 heteroatoms. The molecule has 0 aliphatic heterocycles. The van der Waals surface area contributed by atoms with Crippen molar-refractivity contribution in [1.82, 2.24) is 16.0 Å². The molecule has 0 aliphatic carbocycles. The van der Waals surface area contributed by atoms with Crippen molar-refractivity contribution in [2.24, 2.45) is 10.4 Å². The Morgan fingerprint density at radius 1 is 1.18 bits per heavy atom. The number of carbonyl (C=O) groups is 1. The molecule has 1 aromatic rings. The van der Waals surface area contributed by atoms with Crippen molar-refractivity contribution in [3.05, 3.63) is 23.8 Å². The summed E-state index contributed by atoms with van der Waals surface area (Å²) in [6, 6.07) is 5.91. The molecule has 28 heavy (non-hydrogen) atoms. The second-order valence-electron chi connectivity index (χ2n) is 6.83. The van der Waals surface area contributed by atoms with E-state index in [9.17, 15) is 4.79 Å². The van der Waals surface area contributed by atoms with Crippen LogP contribution in [0, 0.1) is 5.41 Å². The zero-order valence-electron chi connectivity index (χ0n) is 18.0. The van der Waals surface area contributed by atoms with Crippen LogP contribution in [0.25, 0.3) is 0 Å². The van der Waals surface area contributed by atoms with Gasteiger partial charge in [-0.3, -0.25) is 9.79 Å². The van der Waals surface area contributed by atoms with Crippen LogP contribution in [0.4, 0.5) is 0 Å². The summed E-state index contributed by atoms with van der Waals surface area (Å²) in [6.07, 6.45) is 0. The number of benzene rings is 1. The number of carbonyl (C=O) groups excluding carboxylic acids is 1. The summed E-state index contributed by atoms with van der Waals surface area (Å²) in [5.74, 6) is 2.08. The molecule has 0 heterocycles. The molecular formula is C20H35IN4O3. The van der Waals surface area contributed by atoms with Gasteiger partial charge in [0.25, 0.3) is 0 Å². The number of amides is 1. The van der Waals surface area contributed by atoms with Gasteiger partial charge in [0, 0.05) is 20.6 Å². The fraction of sp³-hybridized carbons (Fsp3) is 0.600. The van der Waals surface area contributed by atoms with Gasteiger partial charge in [-0.2, -0.15) is 0 Å². The number of rotatable bonds is 9. The third kappa shape index (κ3) is 7.73. The summed E-state index contributed by atoms with van der Waals surface area (Å²) in [5.41, 5.74) is 0.507. The van der Waals surface area contributed by atoms with Gasteiger partial charge in [-0.05, 0) is 52.3 Å². The fourth-order valence-electron chi connectivity index (χ4n) is 2.54. The van der Waals surface area contributed by atoms with Gasteiger partial charge in [-0.1, -0.05) is 6.07 Å². The summed E-state index contributed by atoms with van der Waals surface area (Å²) in [4.78, 5) is 16.2. The Balaban J connectivity index is 0.00000729. The van der Waals surface area contributed by atoms with Crippen LogP contribution in [0.3, 0.4) is 0 Å². The normalized spacial score (nSPS) is 12.5. The number of nitrogens with one attached hydrogen (secondary N) is 3. The van der Waals surface area contributed by atoms with Crippen LogP contribution >= 0.6 is 24.0 Å². The van der Waals surface area contributed by atoms with Crippen LogP contribution in [-0.2, 0) is 4.79 Å². The summed E-state index contributed by atoms with van der Waals surface area (Å²) in [5, 5.41) is 9.25. The molecule has 7 nitrogen and oxygen atoms in total. The Bertz CT molecular complexity index is 650. The SMILES string of the molecule is CCOc1ccc(C(C)NC(=NC)NCC(C)(C)C(=O)NC)cc1OCC.I. The lowest BCUT2D eigenvalue weighted by atomic mass is 9.92.